The molecule has 2 aromatic heterocycles. The summed E-state index contributed by atoms with van der Waals surface area (Å²) in [6.45, 7) is 0.706. The van der Waals surface area contributed by atoms with E-state index in [1.54, 1.807) is 23.0 Å². The molecule has 0 saturated carbocycles. The van der Waals surface area contributed by atoms with E-state index in [4.69, 9.17) is 10.2 Å². The summed E-state index contributed by atoms with van der Waals surface area (Å²) < 4.78 is 1.62. The van der Waals surface area contributed by atoms with Crippen LogP contribution in [-0.4, -0.2) is 49.1 Å². The lowest BCUT2D eigenvalue weighted by atomic mass is 10.2. The Kier molecular flexibility index (Phi) is 4.15. The van der Waals surface area contributed by atoms with Crippen molar-refractivity contribution < 1.29 is 15.0 Å². The highest BCUT2D eigenvalue weighted by Gasteiger charge is 2.11. The number of nitrogens with one attached hydrogen (secondary N) is 1. The Labute approximate surface area is 131 Å². The number of hydrogen-bond acceptors (Lipinski definition) is 6. The number of aromatic nitrogens is 4. The summed E-state index contributed by atoms with van der Waals surface area (Å²) in [6, 6.07) is 6.40. The van der Waals surface area contributed by atoms with Crippen LogP contribution in [0, 0.1) is 0 Å². The maximum atomic E-state index is 10.9. The van der Waals surface area contributed by atoms with Crippen molar-refractivity contribution in [3.63, 3.8) is 0 Å². The van der Waals surface area contributed by atoms with Gasteiger partial charge in [-0.25, -0.2) is 19.4 Å². The lowest BCUT2D eigenvalue weighted by Crippen LogP contribution is -2.06. The highest BCUT2D eigenvalue weighted by atomic mass is 16.4. The minimum atomic E-state index is -0.973. The van der Waals surface area contributed by atoms with Gasteiger partial charge in [0.15, 0.2) is 5.65 Å². The van der Waals surface area contributed by atoms with Crippen molar-refractivity contribution in [3.05, 3.63) is 42.4 Å². The number of carboxylic acid groups (broad SMARTS) is 1. The van der Waals surface area contributed by atoms with Crippen molar-refractivity contribution in [2.45, 2.75) is 6.42 Å². The molecule has 0 aliphatic carbocycles. The number of aliphatic hydroxyl groups excluding tert-OH is 1. The van der Waals surface area contributed by atoms with Crippen molar-refractivity contribution in [2.24, 2.45) is 0 Å². The van der Waals surface area contributed by atoms with Crippen LogP contribution >= 0.6 is 0 Å². The molecule has 1 aromatic carbocycles. The summed E-state index contributed by atoms with van der Waals surface area (Å²) in [5.74, 6) is -0.323. The summed E-state index contributed by atoms with van der Waals surface area (Å²) in [5, 5.41) is 26.0. The van der Waals surface area contributed by atoms with Gasteiger partial charge in [0.2, 0.25) is 0 Å². The van der Waals surface area contributed by atoms with Crippen molar-refractivity contribution in [1.29, 1.82) is 0 Å². The van der Waals surface area contributed by atoms with E-state index < -0.39 is 5.97 Å². The number of benzene rings is 1. The second kappa shape index (κ2) is 6.41. The predicted molar refractivity (Wildman–Crippen MR) is 83.8 cm³/mol. The first-order valence-electron chi connectivity index (χ1n) is 7.08. The number of carboxylic acids is 1. The second-order valence-corrected chi connectivity index (χ2v) is 4.87. The quantitative estimate of drug-likeness (QED) is 0.588. The van der Waals surface area contributed by atoms with Crippen LogP contribution in [0.2, 0.25) is 0 Å². The third-order valence-corrected chi connectivity index (χ3v) is 3.35. The molecule has 0 atom stereocenters. The first-order chi connectivity index (χ1) is 11.2. The van der Waals surface area contributed by atoms with Gasteiger partial charge < -0.3 is 15.5 Å². The predicted octanol–water partition coefficient (Wildman–Crippen LogP) is 1.31. The Morgan fingerprint density at radius 1 is 1.22 bits per heavy atom. The number of rotatable bonds is 6. The fourth-order valence-electron chi connectivity index (χ4n) is 2.20. The zero-order chi connectivity index (χ0) is 16.2. The van der Waals surface area contributed by atoms with E-state index in [1.807, 2.05) is 0 Å². The monoisotopic (exact) mass is 313 g/mol. The topological polar surface area (TPSA) is 113 Å². The SMILES string of the molecule is O=C(O)c1ccc(-n2ncc3c(NCCCO)ncnc32)cc1. The van der Waals surface area contributed by atoms with Gasteiger partial charge in [0.25, 0.3) is 0 Å². The number of aromatic carboxylic acids is 1. The third kappa shape index (κ3) is 2.97. The third-order valence-electron chi connectivity index (χ3n) is 3.35. The number of aliphatic hydroxyl groups is 1. The van der Waals surface area contributed by atoms with Gasteiger partial charge >= 0.3 is 5.97 Å². The molecule has 8 nitrogen and oxygen atoms in total. The van der Waals surface area contributed by atoms with E-state index in [0.717, 1.165) is 5.39 Å². The first-order valence-corrected chi connectivity index (χ1v) is 7.08. The Morgan fingerprint density at radius 2 is 2.00 bits per heavy atom. The number of nitrogens with zero attached hydrogens (tertiary/aromatic N) is 4. The van der Waals surface area contributed by atoms with Gasteiger partial charge in [-0.2, -0.15) is 5.10 Å². The van der Waals surface area contributed by atoms with E-state index >= 15 is 0 Å². The smallest absolute Gasteiger partial charge is 0.335 e. The molecule has 0 saturated heterocycles. The van der Waals surface area contributed by atoms with Crippen molar-refractivity contribution >= 4 is 22.8 Å². The van der Waals surface area contributed by atoms with E-state index in [-0.39, 0.29) is 12.2 Å². The number of hydrogen-bond donors (Lipinski definition) is 3. The lowest BCUT2D eigenvalue weighted by Gasteiger charge is -2.06. The van der Waals surface area contributed by atoms with Crippen LogP contribution in [0.5, 0.6) is 0 Å². The maximum Gasteiger partial charge on any atom is 0.335 e. The molecule has 0 amide bonds. The summed E-state index contributed by atoms with van der Waals surface area (Å²) in [4.78, 5) is 19.3. The molecule has 0 spiro atoms. The largest absolute Gasteiger partial charge is 0.478 e. The summed E-state index contributed by atoms with van der Waals surface area (Å²) >= 11 is 0. The van der Waals surface area contributed by atoms with E-state index in [1.165, 1.54) is 18.5 Å². The second-order valence-electron chi connectivity index (χ2n) is 4.87. The Morgan fingerprint density at radius 3 is 2.70 bits per heavy atom. The molecule has 0 unspecified atom stereocenters. The molecule has 2 heterocycles. The molecule has 0 aliphatic rings. The van der Waals surface area contributed by atoms with Gasteiger partial charge in [-0.15, -0.1) is 0 Å². The normalized spacial score (nSPS) is 10.8. The van der Waals surface area contributed by atoms with Gasteiger partial charge in [0, 0.05) is 13.2 Å². The van der Waals surface area contributed by atoms with Crippen molar-refractivity contribution in [1.82, 2.24) is 19.7 Å². The molecule has 3 rings (SSSR count). The number of anilines is 1. The van der Waals surface area contributed by atoms with E-state index in [2.05, 4.69) is 20.4 Å². The van der Waals surface area contributed by atoms with Crippen LogP contribution in [0.3, 0.4) is 0 Å². The molecule has 3 N–H and O–H groups in total. The molecule has 0 fully saturated rings. The van der Waals surface area contributed by atoms with Gasteiger partial charge in [0.1, 0.15) is 12.1 Å². The summed E-state index contributed by atoms with van der Waals surface area (Å²) in [6.07, 6.45) is 3.71. The zero-order valence-corrected chi connectivity index (χ0v) is 12.2. The summed E-state index contributed by atoms with van der Waals surface area (Å²) in [5.41, 5.74) is 1.55. The fourth-order valence-corrected chi connectivity index (χ4v) is 2.20. The van der Waals surface area contributed by atoms with Gasteiger partial charge in [-0.05, 0) is 30.7 Å². The summed E-state index contributed by atoms with van der Waals surface area (Å²) in [7, 11) is 0. The molecule has 118 valence electrons. The Bertz CT molecular complexity index is 829. The molecule has 0 bridgehead atoms. The molecule has 0 radical (unpaired) electrons. The van der Waals surface area contributed by atoms with Crippen LogP contribution in [0.4, 0.5) is 5.82 Å². The molecular formula is C15H15N5O3. The van der Waals surface area contributed by atoms with Gasteiger partial charge in [-0.3, -0.25) is 0 Å². The molecule has 0 aliphatic heterocycles. The molecule has 23 heavy (non-hydrogen) atoms. The standard InChI is InChI=1S/C15H15N5O3/c21-7-1-6-16-13-12-8-19-20(14(12)18-9-17-13)11-4-2-10(3-5-11)15(22)23/h2-5,8-9,21H,1,6-7H2,(H,22,23)(H,16,17,18). The van der Waals surface area contributed by atoms with Crippen LogP contribution < -0.4 is 5.32 Å². The van der Waals surface area contributed by atoms with Crippen LogP contribution in [0.1, 0.15) is 16.8 Å². The van der Waals surface area contributed by atoms with Crippen LogP contribution in [-0.2, 0) is 0 Å². The van der Waals surface area contributed by atoms with E-state index in [9.17, 15) is 4.79 Å². The van der Waals surface area contributed by atoms with Crippen molar-refractivity contribution in [3.8, 4) is 5.69 Å². The fraction of sp³-hybridized carbons (Fsp3) is 0.200. The Hall–Kier alpha value is -3.00. The van der Waals surface area contributed by atoms with Gasteiger partial charge in [0.05, 0.1) is 22.8 Å². The Balaban J connectivity index is 1.96. The number of carbonyl (C=O) groups is 1. The zero-order valence-electron chi connectivity index (χ0n) is 12.2. The molecule has 8 heteroatoms. The van der Waals surface area contributed by atoms with Gasteiger partial charge in [-0.1, -0.05) is 0 Å². The number of fused-ring (bicyclic) bond motifs is 1. The average Bonchev–Trinajstić information content (AvgIpc) is 3.00. The molecular weight excluding hydrogens is 298 g/mol. The highest BCUT2D eigenvalue weighted by molar-refractivity contribution is 5.89. The van der Waals surface area contributed by atoms with E-state index in [0.29, 0.717) is 30.1 Å². The minimum Gasteiger partial charge on any atom is -0.478 e. The van der Waals surface area contributed by atoms with Crippen LogP contribution in [0.15, 0.2) is 36.8 Å². The lowest BCUT2D eigenvalue weighted by molar-refractivity contribution is 0.0697. The first kappa shape index (κ1) is 14.9. The highest BCUT2D eigenvalue weighted by Crippen LogP contribution is 2.21. The van der Waals surface area contributed by atoms with Crippen molar-refractivity contribution in [2.75, 3.05) is 18.5 Å². The average molecular weight is 313 g/mol. The maximum absolute atomic E-state index is 10.9. The molecule has 3 aromatic rings. The van der Waals surface area contributed by atoms with Crippen LogP contribution in [0.25, 0.3) is 16.7 Å². The minimum absolute atomic E-state index is 0.108.